The molecule has 28 heavy (non-hydrogen) atoms. The van der Waals surface area contributed by atoms with Crippen molar-refractivity contribution in [3.05, 3.63) is 36.2 Å². The summed E-state index contributed by atoms with van der Waals surface area (Å²) in [6.45, 7) is 5.80. The zero-order valence-corrected chi connectivity index (χ0v) is 16.9. The molecule has 4 rings (SSSR count). The molecule has 0 radical (unpaired) electrons. The molecule has 3 heterocycles. The lowest BCUT2D eigenvalue weighted by Gasteiger charge is -2.26. The van der Waals surface area contributed by atoms with E-state index in [9.17, 15) is 4.79 Å². The molecule has 0 saturated carbocycles. The van der Waals surface area contributed by atoms with E-state index < -0.39 is 0 Å². The van der Waals surface area contributed by atoms with Crippen LogP contribution < -0.4 is 0 Å². The molecule has 2 aromatic rings. The van der Waals surface area contributed by atoms with Gasteiger partial charge >= 0.3 is 0 Å². The van der Waals surface area contributed by atoms with Gasteiger partial charge in [-0.25, -0.2) is 0 Å². The SMILES string of the molecule is O=C(CSc1nnc(CN2CCOCC2)n1-c1ccccc1)N1CCCCC1. The van der Waals surface area contributed by atoms with Crippen LogP contribution in [-0.4, -0.2) is 75.6 Å². The average Bonchev–Trinajstić information content (AvgIpc) is 3.16. The zero-order chi connectivity index (χ0) is 19.2. The van der Waals surface area contributed by atoms with Gasteiger partial charge in [-0.15, -0.1) is 10.2 Å². The topological polar surface area (TPSA) is 63.5 Å². The number of carbonyl (C=O) groups is 1. The summed E-state index contributed by atoms with van der Waals surface area (Å²) in [6, 6.07) is 10.1. The number of aromatic nitrogens is 3. The standard InChI is InChI=1S/C20H27N5O2S/c26-19(24-9-5-2-6-10-24)16-28-20-22-21-18(15-23-11-13-27-14-12-23)25(20)17-7-3-1-4-8-17/h1,3-4,7-8H,2,5-6,9-16H2. The Balaban J connectivity index is 1.50. The molecule has 0 bridgehead atoms. The Morgan fingerprint density at radius 3 is 2.50 bits per heavy atom. The van der Waals surface area contributed by atoms with E-state index in [1.165, 1.54) is 18.2 Å². The van der Waals surface area contributed by atoms with Gasteiger partial charge in [-0.05, 0) is 31.4 Å². The van der Waals surface area contributed by atoms with E-state index in [2.05, 4.69) is 31.8 Å². The predicted molar refractivity (Wildman–Crippen MR) is 109 cm³/mol. The maximum Gasteiger partial charge on any atom is 0.233 e. The van der Waals surface area contributed by atoms with Crippen molar-refractivity contribution in [2.45, 2.75) is 31.0 Å². The number of rotatable bonds is 6. The van der Waals surface area contributed by atoms with Crippen LogP contribution >= 0.6 is 11.8 Å². The fourth-order valence-corrected chi connectivity index (χ4v) is 4.53. The molecule has 2 saturated heterocycles. The summed E-state index contributed by atoms with van der Waals surface area (Å²) < 4.78 is 7.54. The lowest BCUT2D eigenvalue weighted by molar-refractivity contribution is -0.129. The van der Waals surface area contributed by atoms with Crippen molar-refractivity contribution in [3.63, 3.8) is 0 Å². The van der Waals surface area contributed by atoms with Gasteiger partial charge < -0.3 is 9.64 Å². The zero-order valence-electron chi connectivity index (χ0n) is 16.1. The van der Waals surface area contributed by atoms with Crippen molar-refractivity contribution in [1.29, 1.82) is 0 Å². The minimum atomic E-state index is 0.196. The van der Waals surface area contributed by atoms with Crippen molar-refractivity contribution in [1.82, 2.24) is 24.6 Å². The van der Waals surface area contributed by atoms with Crippen LogP contribution in [0.2, 0.25) is 0 Å². The fraction of sp³-hybridized carbons (Fsp3) is 0.550. The molecule has 2 aliphatic rings. The van der Waals surface area contributed by atoms with Crippen molar-refractivity contribution in [3.8, 4) is 5.69 Å². The number of likely N-dealkylation sites (tertiary alicyclic amines) is 1. The molecule has 2 fully saturated rings. The first kappa shape index (κ1) is 19.4. The largest absolute Gasteiger partial charge is 0.379 e. The minimum Gasteiger partial charge on any atom is -0.379 e. The number of ether oxygens (including phenoxy) is 1. The van der Waals surface area contributed by atoms with Crippen LogP contribution in [0.15, 0.2) is 35.5 Å². The summed E-state index contributed by atoms with van der Waals surface area (Å²) in [5, 5.41) is 9.66. The number of carbonyl (C=O) groups excluding carboxylic acids is 1. The van der Waals surface area contributed by atoms with Crippen LogP contribution in [-0.2, 0) is 16.1 Å². The first-order valence-electron chi connectivity index (χ1n) is 10.0. The molecule has 2 aliphatic heterocycles. The molecule has 1 aromatic carbocycles. The normalized spacial score (nSPS) is 18.4. The Labute approximate surface area is 170 Å². The Hall–Kier alpha value is -1.90. The Morgan fingerprint density at radius 1 is 1.00 bits per heavy atom. The maximum atomic E-state index is 12.6. The molecular formula is C20H27N5O2S. The van der Waals surface area contributed by atoms with E-state index in [0.29, 0.717) is 5.75 Å². The molecule has 8 heteroatoms. The molecule has 1 amide bonds. The number of morpholine rings is 1. The second-order valence-electron chi connectivity index (χ2n) is 7.19. The quantitative estimate of drug-likeness (QED) is 0.692. The van der Waals surface area contributed by atoms with Crippen LogP contribution in [0.3, 0.4) is 0 Å². The monoisotopic (exact) mass is 401 g/mol. The van der Waals surface area contributed by atoms with Crippen molar-refractivity contribution < 1.29 is 9.53 Å². The van der Waals surface area contributed by atoms with Gasteiger partial charge in [-0.1, -0.05) is 30.0 Å². The highest BCUT2D eigenvalue weighted by atomic mass is 32.2. The number of hydrogen-bond donors (Lipinski definition) is 0. The Morgan fingerprint density at radius 2 is 1.75 bits per heavy atom. The van der Waals surface area contributed by atoms with E-state index in [-0.39, 0.29) is 5.91 Å². The highest BCUT2D eigenvalue weighted by Gasteiger charge is 2.21. The highest BCUT2D eigenvalue weighted by Crippen LogP contribution is 2.24. The lowest BCUT2D eigenvalue weighted by Crippen LogP contribution is -2.36. The van der Waals surface area contributed by atoms with Gasteiger partial charge in [0.1, 0.15) is 0 Å². The number of hydrogen-bond acceptors (Lipinski definition) is 6. The lowest BCUT2D eigenvalue weighted by atomic mass is 10.1. The van der Waals surface area contributed by atoms with E-state index in [1.807, 2.05) is 23.1 Å². The van der Waals surface area contributed by atoms with Crippen molar-refractivity contribution in [2.75, 3.05) is 45.1 Å². The molecule has 150 valence electrons. The van der Waals surface area contributed by atoms with E-state index in [0.717, 1.165) is 75.4 Å². The summed E-state index contributed by atoms with van der Waals surface area (Å²) in [6.07, 6.45) is 3.45. The van der Waals surface area contributed by atoms with Crippen molar-refractivity contribution >= 4 is 17.7 Å². The summed E-state index contributed by atoms with van der Waals surface area (Å²) in [5.74, 6) is 1.51. The third-order valence-electron chi connectivity index (χ3n) is 5.22. The van der Waals surface area contributed by atoms with Crippen LogP contribution in [0.5, 0.6) is 0 Å². The maximum absolute atomic E-state index is 12.6. The van der Waals surface area contributed by atoms with Gasteiger partial charge in [0.2, 0.25) is 5.91 Å². The summed E-state index contributed by atoms with van der Waals surface area (Å²) in [5.41, 5.74) is 1.03. The fourth-order valence-electron chi connectivity index (χ4n) is 3.65. The minimum absolute atomic E-state index is 0.196. The van der Waals surface area contributed by atoms with Gasteiger partial charge in [0.25, 0.3) is 0 Å². The van der Waals surface area contributed by atoms with E-state index in [1.54, 1.807) is 0 Å². The predicted octanol–water partition coefficient (Wildman–Crippen LogP) is 2.20. The van der Waals surface area contributed by atoms with Gasteiger partial charge in [0, 0.05) is 31.9 Å². The summed E-state index contributed by atoms with van der Waals surface area (Å²) in [7, 11) is 0. The molecule has 1 aromatic heterocycles. The number of para-hydroxylation sites is 1. The average molecular weight is 402 g/mol. The Kier molecular flexibility index (Phi) is 6.61. The summed E-state index contributed by atoms with van der Waals surface area (Å²) in [4.78, 5) is 16.9. The molecule has 0 N–H and O–H groups in total. The molecular weight excluding hydrogens is 374 g/mol. The van der Waals surface area contributed by atoms with E-state index in [4.69, 9.17) is 4.74 Å². The number of nitrogens with zero attached hydrogens (tertiary/aromatic N) is 5. The number of amides is 1. The smallest absolute Gasteiger partial charge is 0.233 e. The van der Waals surface area contributed by atoms with Gasteiger partial charge in [-0.3, -0.25) is 14.3 Å². The summed E-state index contributed by atoms with van der Waals surface area (Å²) >= 11 is 1.48. The van der Waals surface area contributed by atoms with Crippen LogP contribution in [0, 0.1) is 0 Å². The van der Waals surface area contributed by atoms with Gasteiger partial charge in [-0.2, -0.15) is 0 Å². The second-order valence-corrected chi connectivity index (χ2v) is 8.13. The molecule has 0 unspecified atom stereocenters. The van der Waals surface area contributed by atoms with Crippen LogP contribution in [0.4, 0.5) is 0 Å². The number of piperidine rings is 1. The van der Waals surface area contributed by atoms with Gasteiger partial charge in [0.05, 0.1) is 25.5 Å². The van der Waals surface area contributed by atoms with Gasteiger partial charge in [0.15, 0.2) is 11.0 Å². The first-order chi connectivity index (χ1) is 13.8. The van der Waals surface area contributed by atoms with E-state index >= 15 is 0 Å². The first-order valence-corrected chi connectivity index (χ1v) is 11.0. The Bertz CT molecular complexity index is 770. The highest BCUT2D eigenvalue weighted by molar-refractivity contribution is 7.99. The second kappa shape index (κ2) is 9.54. The third kappa shape index (κ3) is 4.74. The van der Waals surface area contributed by atoms with Crippen LogP contribution in [0.1, 0.15) is 25.1 Å². The third-order valence-corrected chi connectivity index (χ3v) is 6.13. The number of benzene rings is 1. The molecule has 0 spiro atoms. The number of thioether (sulfide) groups is 1. The molecule has 0 atom stereocenters. The van der Waals surface area contributed by atoms with Crippen LogP contribution in [0.25, 0.3) is 5.69 Å². The van der Waals surface area contributed by atoms with Crippen molar-refractivity contribution in [2.24, 2.45) is 0 Å². The molecule has 0 aliphatic carbocycles. The molecule has 7 nitrogen and oxygen atoms in total.